The second-order valence-electron chi connectivity index (χ2n) is 7.47. The van der Waals surface area contributed by atoms with Crippen LogP contribution in [-0.4, -0.2) is 40.4 Å². The second kappa shape index (κ2) is 9.02. The van der Waals surface area contributed by atoms with Crippen LogP contribution in [0, 0.1) is 12.7 Å². The van der Waals surface area contributed by atoms with Crippen molar-refractivity contribution in [2.75, 3.05) is 11.9 Å². The molecule has 3 aromatic rings. The van der Waals surface area contributed by atoms with Gasteiger partial charge in [0.1, 0.15) is 29.6 Å². The number of benzene rings is 2. The quantitative estimate of drug-likeness (QED) is 0.378. The Morgan fingerprint density at radius 1 is 1.12 bits per heavy atom. The van der Waals surface area contributed by atoms with Gasteiger partial charge in [0.15, 0.2) is 0 Å². The first-order valence-corrected chi connectivity index (χ1v) is 10.1. The topological polar surface area (TPSA) is 129 Å². The van der Waals surface area contributed by atoms with E-state index < -0.39 is 36.2 Å². The third-order valence-electron chi connectivity index (χ3n) is 5.04. The zero-order valence-corrected chi connectivity index (χ0v) is 17.8. The Hall–Kier alpha value is -4.73. The molecular weight excluding hydrogens is 445 g/mol. The predicted octanol–water partition coefficient (Wildman–Crippen LogP) is 3.62. The lowest BCUT2D eigenvalue weighted by Crippen LogP contribution is -2.38. The summed E-state index contributed by atoms with van der Waals surface area (Å²) in [5.74, 6) is -2.11. The second-order valence-corrected chi connectivity index (χ2v) is 7.47. The molecule has 0 unspecified atom stereocenters. The fourth-order valence-electron chi connectivity index (χ4n) is 3.38. The number of nitrogens with zero attached hydrogens (tertiary/aromatic N) is 1. The molecule has 4 rings (SSSR count). The van der Waals surface area contributed by atoms with Gasteiger partial charge in [-0.1, -0.05) is 6.07 Å². The molecule has 0 radical (unpaired) electrons. The van der Waals surface area contributed by atoms with Gasteiger partial charge in [-0.25, -0.2) is 18.9 Å². The van der Waals surface area contributed by atoms with Crippen molar-refractivity contribution in [3.05, 3.63) is 83.0 Å². The average Bonchev–Trinajstić information content (AvgIpc) is 3.35. The lowest BCUT2D eigenvalue weighted by Gasteiger charge is -2.11. The number of hydrogen-bond acceptors (Lipinski definition) is 5. The number of anilines is 1. The van der Waals surface area contributed by atoms with Crippen LogP contribution in [0.25, 0.3) is 17.4 Å². The monoisotopic (exact) mass is 463 g/mol. The molecule has 1 aliphatic rings. The number of carbonyl (C=O) groups excluding carboxylic acids is 3. The first-order valence-electron chi connectivity index (χ1n) is 10.1. The number of aromatic carboxylic acids is 1. The van der Waals surface area contributed by atoms with Crippen LogP contribution < -0.4 is 10.6 Å². The molecule has 0 atom stereocenters. The van der Waals surface area contributed by atoms with E-state index in [0.717, 1.165) is 4.90 Å². The van der Waals surface area contributed by atoms with Crippen LogP contribution in [0.4, 0.5) is 14.9 Å². The van der Waals surface area contributed by atoms with E-state index in [9.17, 15) is 23.6 Å². The van der Waals surface area contributed by atoms with E-state index >= 15 is 0 Å². The molecule has 0 aliphatic carbocycles. The van der Waals surface area contributed by atoms with Crippen molar-refractivity contribution in [3.8, 4) is 11.3 Å². The number of carboxylic acid groups (broad SMARTS) is 1. The van der Waals surface area contributed by atoms with Gasteiger partial charge in [-0.2, -0.15) is 0 Å². The number of aryl methyl sites for hydroxylation is 1. The first kappa shape index (κ1) is 22.5. The number of rotatable bonds is 6. The van der Waals surface area contributed by atoms with Crippen LogP contribution in [-0.2, 0) is 9.59 Å². The van der Waals surface area contributed by atoms with Gasteiger partial charge in [0.2, 0.25) is 5.91 Å². The minimum absolute atomic E-state index is 0.0709. The fourth-order valence-corrected chi connectivity index (χ4v) is 3.38. The molecule has 172 valence electrons. The van der Waals surface area contributed by atoms with Crippen LogP contribution in [0.3, 0.4) is 0 Å². The van der Waals surface area contributed by atoms with Gasteiger partial charge >= 0.3 is 12.0 Å². The van der Waals surface area contributed by atoms with Crippen molar-refractivity contribution in [2.24, 2.45) is 0 Å². The van der Waals surface area contributed by atoms with Gasteiger partial charge in [-0.15, -0.1) is 0 Å². The summed E-state index contributed by atoms with van der Waals surface area (Å²) >= 11 is 0. The Morgan fingerprint density at radius 2 is 1.85 bits per heavy atom. The lowest BCUT2D eigenvalue weighted by atomic mass is 10.0. The summed E-state index contributed by atoms with van der Waals surface area (Å²) < 4.78 is 18.7. The molecule has 0 spiro atoms. The van der Waals surface area contributed by atoms with E-state index in [1.165, 1.54) is 42.5 Å². The largest absolute Gasteiger partial charge is 0.478 e. The SMILES string of the molecule is Cc1cc(C(=O)O)ccc1-c1ccc(C=C2NC(=O)N(CC(=O)Nc3ccc(F)cc3)C2=O)o1. The van der Waals surface area contributed by atoms with Crippen LogP contribution in [0.1, 0.15) is 21.7 Å². The molecule has 10 heteroatoms. The zero-order chi connectivity index (χ0) is 24.4. The summed E-state index contributed by atoms with van der Waals surface area (Å²) in [6, 6.07) is 12.1. The summed E-state index contributed by atoms with van der Waals surface area (Å²) in [7, 11) is 0. The van der Waals surface area contributed by atoms with Crippen molar-refractivity contribution < 1.29 is 33.1 Å². The number of hydrogen-bond donors (Lipinski definition) is 3. The zero-order valence-electron chi connectivity index (χ0n) is 17.8. The van der Waals surface area contributed by atoms with Crippen LogP contribution in [0.5, 0.6) is 0 Å². The normalized spacial score (nSPS) is 14.4. The number of furan rings is 1. The molecule has 9 nitrogen and oxygen atoms in total. The molecule has 1 fully saturated rings. The molecule has 2 heterocycles. The van der Waals surface area contributed by atoms with Crippen molar-refractivity contribution in [2.45, 2.75) is 6.92 Å². The maximum atomic E-state index is 13.0. The minimum Gasteiger partial charge on any atom is -0.478 e. The number of imide groups is 1. The molecule has 2 aromatic carbocycles. The van der Waals surface area contributed by atoms with Crippen LogP contribution in [0.2, 0.25) is 0 Å². The number of halogens is 1. The number of carbonyl (C=O) groups is 4. The average molecular weight is 463 g/mol. The highest BCUT2D eigenvalue weighted by molar-refractivity contribution is 6.15. The van der Waals surface area contributed by atoms with Crippen molar-refractivity contribution in [3.63, 3.8) is 0 Å². The molecule has 0 bridgehead atoms. The molecular formula is C24H18FN3O6. The Morgan fingerprint density at radius 3 is 2.53 bits per heavy atom. The number of amides is 4. The minimum atomic E-state index is -1.04. The highest BCUT2D eigenvalue weighted by Crippen LogP contribution is 2.27. The van der Waals surface area contributed by atoms with Gasteiger partial charge in [0.05, 0.1) is 5.56 Å². The van der Waals surface area contributed by atoms with E-state index in [1.54, 1.807) is 25.1 Å². The maximum absolute atomic E-state index is 13.0. The summed E-state index contributed by atoms with van der Waals surface area (Å²) in [6.07, 6.45) is 1.34. The Balaban J connectivity index is 1.46. The van der Waals surface area contributed by atoms with E-state index in [4.69, 9.17) is 9.52 Å². The highest BCUT2D eigenvalue weighted by atomic mass is 19.1. The smallest absolute Gasteiger partial charge is 0.335 e. The fraction of sp³-hybridized carbons (Fsp3) is 0.0833. The van der Waals surface area contributed by atoms with Crippen molar-refractivity contribution >= 4 is 35.6 Å². The molecule has 1 aliphatic heterocycles. The van der Waals surface area contributed by atoms with Gasteiger partial charge in [0.25, 0.3) is 5.91 Å². The maximum Gasteiger partial charge on any atom is 0.335 e. The molecule has 4 amide bonds. The van der Waals surface area contributed by atoms with E-state index in [-0.39, 0.29) is 17.0 Å². The van der Waals surface area contributed by atoms with Crippen LogP contribution in [0.15, 0.2) is 64.7 Å². The number of nitrogens with one attached hydrogen (secondary N) is 2. The number of carboxylic acids is 1. The molecule has 1 saturated heterocycles. The summed E-state index contributed by atoms with van der Waals surface area (Å²) in [5.41, 5.74) is 1.77. The molecule has 1 aromatic heterocycles. The summed E-state index contributed by atoms with van der Waals surface area (Å²) in [6.45, 7) is 1.22. The van der Waals surface area contributed by atoms with E-state index in [1.807, 2.05) is 0 Å². The van der Waals surface area contributed by atoms with E-state index in [2.05, 4.69) is 10.6 Å². The summed E-state index contributed by atoms with van der Waals surface area (Å²) in [4.78, 5) is 48.9. The van der Waals surface area contributed by atoms with Crippen molar-refractivity contribution in [1.29, 1.82) is 0 Å². The van der Waals surface area contributed by atoms with Crippen LogP contribution >= 0.6 is 0 Å². The first-order chi connectivity index (χ1) is 16.2. The Kier molecular flexibility index (Phi) is 5.96. The third kappa shape index (κ3) is 4.70. The standard InChI is InChI=1S/C24H18FN3O6/c1-13-10-14(23(31)32)2-8-18(13)20-9-7-17(34-20)11-19-22(30)28(24(33)27-19)12-21(29)26-16-5-3-15(25)4-6-16/h2-11H,12H2,1H3,(H,26,29)(H,27,33)(H,31,32). The van der Waals surface area contributed by atoms with E-state index in [0.29, 0.717) is 22.6 Å². The van der Waals surface area contributed by atoms with Gasteiger partial charge in [-0.3, -0.25) is 9.59 Å². The molecule has 3 N–H and O–H groups in total. The number of urea groups is 1. The molecule has 0 saturated carbocycles. The highest BCUT2D eigenvalue weighted by Gasteiger charge is 2.35. The predicted molar refractivity (Wildman–Crippen MR) is 119 cm³/mol. The van der Waals surface area contributed by atoms with Gasteiger partial charge in [-0.05, 0) is 61.0 Å². The third-order valence-corrected chi connectivity index (χ3v) is 5.04. The van der Waals surface area contributed by atoms with Crippen molar-refractivity contribution in [1.82, 2.24) is 10.2 Å². The molecule has 34 heavy (non-hydrogen) atoms. The Labute approximate surface area is 192 Å². The van der Waals surface area contributed by atoms with Gasteiger partial charge in [0, 0.05) is 17.3 Å². The van der Waals surface area contributed by atoms with Gasteiger partial charge < -0.3 is 20.2 Å². The summed E-state index contributed by atoms with van der Waals surface area (Å²) in [5, 5.41) is 14.0. The Bertz CT molecular complexity index is 1340. The lowest BCUT2D eigenvalue weighted by molar-refractivity contribution is -0.127.